The van der Waals surface area contributed by atoms with Gasteiger partial charge in [0.15, 0.2) is 5.82 Å². The molecule has 1 fully saturated rings. The number of fused-ring (bicyclic) bond motifs is 1. The highest BCUT2D eigenvalue weighted by molar-refractivity contribution is 5.97. The molecule has 2 aromatic carbocycles. The molecule has 3 aromatic rings. The van der Waals surface area contributed by atoms with E-state index in [-0.39, 0.29) is 11.8 Å². The van der Waals surface area contributed by atoms with E-state index in [9.17, 15) is 9.59 Å². The van der Waals surface area contributed by atoms with Gasteiger partial charge in [0.25, 0.3) is 5.91 Å². The lowest BCUT2D eigenvalue weighted by Crippen LogP contribution is -2.51. The summed E-state index contributed by atoms with van der Waals surface area (Å²) in [4.78, 5) is 40.3. The molecule has 2 aliphatic rings. The zero-order valence-electron chi connectivity index (χ0n) is 17.9. The van der Waals surface area contributed by atoms with E-state index in [1.54, 1.807) is 12.4 Å². The molecule has 0 aliphatic carbocycles. The molecule has 32 heavy (non-hydrogen) atoms. The maximum atomic E-state index is 12.9. The molecule has 0 N–H and O–H groups in total. The van der Waals surface area contributed by atoms with E-state index >= 15 is 0 Å². The second-order valence-corrected chi connectivity index (χ2v) is 8.15. The van der Waals surface area contributed by atoms with Crippen molar-refractivity contribution in [1.29, 1.82) is 0 Å². The van der Waals surface area contributed by atoms with Crippen LogP contribution in [0.15, 0.2) is 67.0 Å². The smallest absolute Gasteiger partial charge is 0.257 e. The highest BCUT2D eigenvalue weighted by Gasteiger charge is 2.28. The Balaban J connectivity index is 1.15. The number of para-hydroxylation sites is 1. The van der Waals surface area contributed by atoms with Gasteiger partial charge in [-0.3, -0.25) is 14.5 Å². The molecule has 1 aromatic heterocycles. The Kier molecular flexibility index (Phi) is 5.64. The van der Waals surface area contributed by atoms with E-state index < -0.39 is 0 Å². The topological polar surface area (TPSA) is 69.6 Å². The average Bonchev–Trinajstić information content (AvgIpc) is 3.29. The molecule has 0 saturated carbocycles. The Labute approximate surface area is 187 Å². The van der Waals surface area contributed by atoms with Gasteiger partial charge >= 0.3 is 0 Å². The van der Waals surface area contributed by atoms with Crippen molar-refractivity contribution >= 4 is 17.5 Å². The molecule has 0 spiro atoms. The lowest BCUT2D eigenvalue weighted by atomic mass is 10.2. The maximum absolute atomic E-state index is 12.9. The first-order chi connectivity index (χ1) is 15.7. The second kappa shape index (κ2) is 8.88. The number of piperazine rings is 1. The van der Waals surface area contributed by atoms with Crippen molar-refractivity contribution in [3.63, 3.8) is 0 Å². The molecule has 0 unspecified atom stereocenters. The van der Waals surface area contributed by atoms with Crippen molar-refractivity contribution in [3.8, 4) is 11.4 Å². The van der Waals surface area contributed by atoms with Crippen LogP contribution >= 0.6 is 0 Å². The van der Waals surface area contributed by atoms with E-state index in [2.05, 4.69) is 20.9 Å². The summed E-state index contributed by atoms with van der Waals surface area (Å²) in [5, 5.41) is 0. The highest BCUT2D eigenvalue weighted by Crippen LogP contribution is 2.27. The van der Waals surface area contributed by atoms with Crippen LogP contribution in [0.3, 0.4) is 0 Å². The van der Waals surface area contributed by atoms with Crippen LogP contribution in [0.4, 0.5) is 5.69 Å². The molecule has 2 amide bonds. The SMILES string of the molecule is O=C(c1cnc(-c2ccccc2)nc1)N1CCN(CC(=O)N2CCc3ccccc32)CC1. The Morgan fingerprint density at radius 3 is 2.25 bits per heavy atom. The molecule has 2 aliphatic heterocycles. The molecule has 7 heteroatoms. The fraction of sp³-hybridized carbons (Fsp3) is 0.280. The van der Waals surface area contributed by atoms with E-state index in [1.807, 2.05) is 58.3 Å². The molecule has 0 radical (unpaired) electrons. The van der Waals surface area contributed by atoms with E-state index in [0.29, 0.717) is 44.1 Å². The lowest BCUT2D eigenvalue weighted by molar-refractivity contribution is -0.120. The van der Waals surface area contributed by atoms with E-state index in [0.717, 1.165) is 24.2 Å². The predicted molar refractivity (Wildman–Crippen MR) is 122 cm³/mol. The first-order valence-corrected chi connectivity index (χ1v) is 11.0. The number of carbonyl (C=O) groups excluding carboxylic acids is 2. The third-order valence-corrected chi connectivity index (χ3v) is 6.14. The molecule has 162 valence electrons. The second-order valence-electron chi connectivity index (χ2n) is 8.15. The fourth-order valence-electron chi connectivity index (χ4n) is 4.34. The number of aromatic nitrogens is 2. The van der Waals surface area contributed by atoms with Gasteiger partial charge in [0.05, 0.1) is 12.1 Å². The van der Waals surface area contributed by atoms with Gasteiger partial charge in [-0.05, 0) is 18.1 Å². The van der Waals surface area contributed by atoms with Gasteiger partial charge in [-0.15, -0.1) is 0 Å². The van der Waals surface area contributed by atoms with Crippen molar-refractivity contribution in [2.24, 2.45) is 0 Å². The van der Waals surface area contributed by atoms with Crippen LogP contribution in [-0.2, 0) is 11.2 Å². The molecule has 7 nitrogen and oxygen atoms in total. The zero-order valence-corrected chi connectivity index (χ0v) is 17.9. The van der Waals surface area contributed by atoms with Crippen molar-refractivity contribution in [2.45, 2.75) is 6.42 Å². The van der Waals surface area contributed by atoms with Gasteiger partial charge < -0.3 is 9.80 Å². The van der Waals surface area contributed by atoms with Crippen LogP contribution in [0, 0.1) is 0 Å². The summed E-state index contributed by atoms with van der Waals surface area (Å²) in [6, 6.07) is 17.8. The average molecular weight is 428 g/mol. The van der Waals surface area contributed by atoms with Gasteiger partial charge in [0, 0.05) is 56.4 Å². The minimum Gasteiger partial charge on any atom is -0.336 e. The molecule has 0 atom stereocenters. The predicted octanol–water partition coefficient (Wildman–Crippen LogP) is 2.49. The summed E-state index contributed by atoms with van der Waals surface area (Å²) in [5.41, 5.74) is 3.68. The largest absolute Gasteiger partial charge is 0.336 e. The van der Waals surface area contributed by atoms with Crippen LogP contribution < -0.4 is 4.90 Å². The monoisotopic (exact) mass is 427 g/mol. The maximum Gasteiger partial charge on any atom is 0.257 e. The normalized spacial score (nSPS) is 16.1. The third-order valence-electron chi connectivity index (χ3n) is 6.14. The van der Waals surface area contributed by atoms with Crippen molar-refractivity contribution in [1.82, 2.24) is 19.8 Å². The third kappa shape index (κ3) is 4.11. The van der Waals surface area contributed by atoms with E-state index in [1.165, 1.54) is 5.56 Å². The number of anilines is 1. The summed E-state index contributed by atoms with van der Waals surface area (Å²) in [5.74, 6) is 0.664. The summed E-state index contributed by atoms with van der Waals surface area (Å²) in [6.45, 7) is 3.65. The molecule has 5 rings (SSSR count). The number of benzene rings is 2. The molecule has 3 heterocycles. The number of nitrogens with zero attached hydrogens (tertiary/aromatic N) is 5. The minimum absolute atomic E-state index is 0.0657. The Hall–Kier alpha value is -3.58. The molecule has 0 bridgehead atoms. The quantitative estimate of drug-likeness (QED) is 0.640. The van der Waals surface area contributed by atoms with Gasteiger partial charge in [0.2, 0.25) is 5.91 Å². The van der Waals surface area contributed by atoms with Crippen LogP contribution in [-0.4, -0.2) is 70.9 Å². The van der Waals surface area contributed by atoms with Crippen molar-refractivity contribution < 1.29 is 9.59 Å². The van der Waals surface area contributed by atoms with Gasteiger partial charge in [0.1, 0.15) is 0 Å². The standard InChI is InChI=1S/C25H25N5O2/c31-23(30-11-10-19-6-4-5-9-22(19)30)18-28-12-14-29(15-13-28)25(32)21-16-26-24(27-17-21)20-7-2-1-3-8-20/h1-9,16-17H,10-15,18H2. The Morgan fingerprint density at radius 1 is 0.812 bits per heavy atom. The Bertz CT molecular complexity index is 1110. The molecular formula is C25H25N5O2. The van der Waals surface area contributed by atoms with Crippen LogP contribution in [0.1, 0.15) is 15.9 Å². The molecular weight excluding hydrogens is 402 g/mol. The fourth-order valence-corrected chi connectivity index (χ4v) is 4.34. The number of rotatable bonds is 4. The lowest BCUT2D eigenvalue weighted by Gasteiger charge is -2.35. The van der Waals surface area contributed by atoms with Crippen LogP contribution in [0.25, 0.3) is 11.4 Å². The van der Waals surface area contributed by atoms with Crippen molar-refractivity contribution in [3.05, 3.63) is 78.1 Å². The summed E-state index contributed by atoms with van der Waals surface area (Å²) in [7, 11) is 0. The minimum atomic E-state index is -0.0657. The van der Waals surface area contributed by atoms with Gasteiger partial charge in [-0.1, -0.05) is 48.5 Å². The zero-order chi connectivity index (χ0) is 21.9. The number of carbonyl (C=O) groups is 2. The first-order valence-electron chi connectivity index (χ1n) is 11.0. The van der Waals surface area contributed by atoms with Crippen LogP contribution in [0.5, 0.6) is 0 Å². The molecule has 1 saturated heterocycles. The van der Waals surface area contributed by atoms with Gasteiger partial charge in [-0.25, -0.2) is 9.97 Å². The number of amides is 2. The summed E-state index contributed by atoms with van der Waals surface area (Å²) in [6.07, 6.45) is 4.10. The Morgan fingerprint density at radius 2 is 1.50 bits per heavy atom. The number of hydrogen-bond acceptors (Lipinski definition) is 5. The van der Waals surface area contributed by atoms with Crippen molar-refractivity contribution in [2.75, 3.05) is 44.2 Å². The van der Waals surface area contributed by atoms with Crippen LogP contribution in [0.2, 0.25) is 0 Å². The van der Waals surface area contributed by atoms with Gasteiger partial charge in [-0.2, -0.15) is 0 Å². The summed E-state index contributed by atoms with van der Waals surface area (Å²) >= 11 is 0. The highest BCUT2D eigenvalue weighted by atomic mass is 16.2. The first kappa shape index (κ1) is 20.3. The van der Waals surface area contributed by atoms with E-state index in [4.69, 9.17) is 0 Å². The summed E-state index contributed by atoms with van der Waals surface area (Å²) < 4.78 is 0. The number of hydrogen-bond donors (Lipinski definition) is 0.